The molecule has 2 aromatic carbocycles. The highest BCUT2D eigenvalue weighted by molar-refractivity contribution is 9.10. The Labute approximate surface area is 200 Å². The molecule has 1 amide bonds. The first kappa shape index (κ1) is 21.5. The smallest absolute Gasteiger partial charge is 0.234 e. The van der Waals surface area contributed by atoms with E-state index in [9.17, 15) is 4.79 Å². The fourth-order valence-electron chi connectivity index (χ4n) is 4.21. The van der Waals surface area contributed by atoms with E-state index in [0.717, 1.165) is 46.5 Å². The molecule has 3 aliphatic rings. The number of halogens is 1. The number of hydrogen-bond acceptors (Lipinski definition) is 6. The van der Waals surface area contributed by atoms with Crippen LogP contribution >= 0.6 is 27.7 Å². The number of fused-ring (bicyclic) bond motifs is 1. The van der Waals surface area contributed by atoms with E-state index in [1.807, 2.05) is 24.3 Å². The Morgan fingerprint density at radius 3 is 2.53 bits per heavy atom. The molecule has 1 spiro atoms. The molecule has 0 saturated heterocycles. The van der Waals surface area contributed by atoms with Gasteiger partial charge in [0.25, 0.3) is 0 Å². The van der Waals surface area contributed by atoms with Gasteiger partial charge < -0.3 is 14.8 Å². The number of ether oxygens (including phenoxy) is 2. The quantitative estimate of drug-likeness (QED) is 0.589. The Balaban J connectivity index is 1.29. The van der Waals surface area contributed by atoms with Crippen LogP contribution in [0.3, 0.4) is 0 Å². The summed E-state index contributed by atoms with van der Waals surface area (Å²) in [5.41, 5.74) is 2.28. The molecule has 166 valence electrons. The van der Waals surface area contributed by atoms with Gasteiger partial charge in [0, 0.05) is 21.8 Å². The summed E-state index contributed by atoms with van der Waals surface area (Å²) in [7, 11) is 0. The Bertz CT molecular complexity index is 1080. The summed E-state index contributed by atoms with van der Waals surface area (Å²) in [6.45, 7) is 1.06. The maximum absolute atomic E-state index is 12.7. The zero-order valence-corrected chi connectivity index (χ0v) is 20.0. The number of rotatable bonds is 4. The van der Waals surface area contributed by atoms with Crippen molar-refractivity contribution in [2.24, 2.45) is 9.98 Å². The third kappa shape index (κ3) is 4.71. The van der Waals surface area contributed by atoms with Crippen LogP contribution in [0.15, 0.2) is 56.9 Å². The molecule has 0 aromatic heterocycles. The van der Waals surface area contributed by atoms with Crippen molar-refractivity contribution in [3.8, 4) is 11.5 Å². The molecule has 1 fully saturated rings. The van der Waals surface area contributed by atoms with E-state index in [1.165, 1.54) is 18.2 Å². The number of nitrogens with zero attached hydrogens (tertiary/aromatic N) is 2. The average molecular weight is 514 g/mol. The predicted octanol–water partition coefficient (Wildman–Crippen LogP) is 5.45. The van der Waals surface area contributed by atoms with Crippen LogP contribution in [0.1, 0.15) is 37.7 Å². The predicted molar refractivity (Wildman–Crippen MR) is 132 cm³/mol. The van der Waals surface area contributed by atoms with Crippen molar-refractivity contribution in [1.82, 2.24) is 0 Å². The van der Waals surface area contributed by atoms with Crippen LogP contribution in [0, 0.1) is 0 Å². The number of benzene rings is 2. The fourth-order valence-corrected chi connectivity index (χ4v) is 5.35. The van der Waals surface area contributed by atoms with Gasteiger partial charge in [-0.3, -0.25) is 9.79 Å². The number of nitrogens with one attached hydrogen (secondary N) is 1. The minimum atomic E-state index is -0.352. The molecule has 2 aromatic rings. The summed E-state index contributed by atoms with van der Waals surface area (Å²) >= 11 is 4.95. The van der Waals surface area contributed by atoms with E-state index < -0.39 is 0 Å². The number of thioether (sulfide) groups is 1. The van der Waals surface area contributed by atoms with E-state index >= 15 is 0 Å². The SMILES string of the molecule is O=C(CSC1=NC2(CCCCC2)N=C1c1ccc(Br)cc1)Nc1ccc2c(c1)OCCO2. The molecular formula is C24H24BrN3O3S. The van der Waals surface area contributed by atoms with Crippen molar-refractivity contribution in [2.75, 3.05) is 24.3 Å². The molecule has 0 unspecified atom stereocenters. The Kier molecular flexibility index (Phi) is 6.24. The van der Waals surface area contributed by atoms with Gasteiger partial charge in [0.2, 0.25) is 5.91 Å². The number of anilines is 1. The maximum atomic E-state index is 12.7. The zero-order chi connectivity index (χ0) is 22.0. The summed E-state index contributed by atoms with van der Waals surface area (Å²) in [4.78, 5) is 22.8. The van der Waals surface area contributed by atoms with Crippen LogP contribution in [0.5, 0.6) is 11.5 Å². The molecule has 0 atom stereocenters. The van der Waals surface area contributed by atoms with E-state index in [0.29, 0.717) is 30.4 Å². The molecule has 5 rings (SSSR count). The molecule has 0 radical (unpaired) electrons. The summed E-state index contributed by atoms with van der Waals surface area (Å²) in [5.74, 6) is 1.54. The first-order valence-corrected chi connectivity index (χ1v) is 12.7. The molecule has 2 heterocycles. The fraction of sp³-hybridized carbons (Fsp3) is 0.375. The van der Waals surface area contributed by atoms with Crippen molar-refractivity contribution >= 4 is 50.0 Å². The second-order valence-electron chi connectivity index (χ2n) is 8.12. The number of carbonyl (C=O) groups excluding carboxylic acids is 1. The lowest BCUT2D eigenvalue weighted by Gasteiger charge is -2.27. The Morgan fingerprint density at radius 2 is 1.75 bits per heavy atom. The molecule has 1 N–H and O–H groups in total. The van der Waals surface area contributed by atoms with Gasteiger partial charge in [-0.25, -0.2) is 4.99 Å². The topological polar surface area (TPSA) is 72.3 Å². The van der Waals surface area contributed by atoms with Crippen LogP contribution in [-0.4, -0.2) is 41.3 Å². The van der Waals surface area contributed by atoms with Crippen LogP contribution < -0.4 is 14.8 Å². The lowest BCUT2D eigenvalue weighted by atomic mass is 9.90. The van der Waals surface area contributed by atoms with E-state index in [-0.39, 0.29) is 17.3 Å². The molecular weight excluding hydrogens is 490 g/mol. The van der Waals surface area contributed by atoms with Gasteiger partial charge >= 0.3 is 0 Å². The van der Waals surface area contributed by atoms with Crippen LogP contribution in [0.25, 0.3) is 0 Å². The second-order valence-corrected chi connectivity index (χ2v) is 10.0. The monoisotopic (exact) mass is 513 g/mol. The van der Waals surface area contributed by atoms with Crippen molar-refractivity contribution in [1.29, 1.82) is 0 Å². The molecule has 32 heavy (non-hydrogen) atoms. The lowest BCUT2D eigenvalue weighted by molar-refractivity contribution is -0.113. The van der Waals surface area contributed by atoms with E-state index in [2.05, 4.69) is 33.4 Å². The molecule has 2 aliphatic heterocycles. The van der Waals surface area contributed by atoms with Gasteiger partial charge in [-0.05, 0) is 49.9 Å². The molecule has 1 saturated carbocycles. The van der Waals surface area contributed by atoms with Crippen LogP contribution in [0.4, 0.5) is 5.69 Å². The first-order chi connectivity index (χ1) is 15.6. The van der Waals surface area contributed by atoms with Gasteiger partial charge in [0.05, 0.1) is 11.5 Å². The highest BCUT2D eigenvalue weighted by Crippen LogP contribution is 2.39. The standard InChI is InChI=1S/C24H24BrN3O3S/c25-17-6-4-16(5-7-17)22-23(28-24(27-22)10-2-1-3-11-24)32-15-21(29)26-18-8-9-19-20(14-18)31-13-12-30-19/h4-9,14H,1-3,10-13,15H2,(H,26,29). The Morgan fingerprint density at radius 1 is 1.00 bits per heavy atom. The zero-order valence-electron chi connectivity index (χ0n) is 17.6. The summed E-state index contributed by atoms with van der Waals surface area (Å²) < 4.78 is 12.2. The molecule has 6 nitrogen and oxygen atoms in total. The van der Waals surface area contributed by atoms with Gasteiger partial charge in [-0.2, -0.15) is 0 Å². The minimum absolute atomic E-state index is 0.0888. The van der Waals surface area contributed by atoms with E-state index in [4.69, 9.17) is 19.5 Å². The van der Waals surface area contributed by atoms with Crippen molar-refractivity contribution in [3.05, 3.63) is 52.5 Å². The number of hydrogen-bond donors (Lipinski definition) is 1. The van der Waals surface area contributed by atoms with Crippen molar-refractivity contribution < 1.29 is 14.3 Å². The molecule has 8 heteroatoms. The molecule has 0 bridgehead atoms. The van der Waals surface area contributed by atoms with Crippen molar-refractivity contribution in [2.45, 2.75) is 37.8 Å². The van der Waals surface area contributed by atoms with Crippen LogP contribution in [-0.2, 0) is 4.79 Å². The number of carbonyl (C=O) groups is 1. The van der Waals surface area contributed by atoms with Gasteiger partial charge in [-0.15, -0.1) is 0 Å². The molecule has 1 aliphatic carbocycles. The largest absolute Gasteiger partial charge is 0.486 e. The van der Waals surface area contributed by atoms with Gasteiger partial charge in [0.15, 0.2) is 17.2 Å². The van der Waals surface area contributed by atoms with Gasteiger partial charge in [0.1, 0.15) is 18.3 Å². The maximum Gasteiger partial charge on any atom is 0.234 e. The second kappa shape index (κ2) is 9.27. The third-order valence-corrected chi connectivity index (χ3v) is 7.26. The van der Waals surface area contributed by atoms with Crippen LogP contribution in [0.2, 0.25) is 0 Å². The summed E-state index contributed by atoms with van der Waals surface area (Å²) in [6, 6.07) is 13.6. The average Bonchev–Trinajstić information content (AvgIpc) is 3.16. The Hall–Kier alpha value is -2.32. The summed E-state index contributed by atoms with van der Waals surface area (Å²) in [6.07, 6.45) is 5.47. The highest BCUT2D eigenvalue weighted by atomic mass is 79.9. The highest BCUT2D eigenvalue weighted by Gasteiger charge is 2.37. The third-order valence-electron chi connectivity index (χ3n) is 5.77. The van der Waals surface area contributed by atoms with Crippen molar-refractivity contribution in [3.63, 3.8) is 0 Å². The number of aliphatic imine (C=N–C) groups is 2. The first-order valence-electron chi connectivity index (χ1n) is 10.9. The van der Waals surface area contributed by atoms with Gasteiger partial charge in [-0.1, -0.05) is 46.2 Å². The summed E-state index contributed by atoms with van der Waals surface area (Å²) in [5, 5.41) is 3.81. The minimum Gasteiger partial charge on any atom is -0.486 e. The number of amides is 1. The lowest BCUT2D eigenvalue weighted by Crippen LogP contribution is -2.25. The normalized spacial score (nSPS) is 18.8. The van der Waals surface area contributed by atoms with E-state index in [1.54, 1.807) is 6.07 Å².